The Bertz CT molecular complexity index is 3360. The molecule has 4 atom stereocenters. The largest absolute Gasteiger partial charge is 0.493 e. The molecule has 0 aromatic heterocycles. The Morgan fingerprint density at radius 1 is 0.782 bits per heavy atom. The number of benzene rings is 4. The summed E-state index contributed by atoms with van der Waals surface area (Å²) >= 11 is 0. The van der Waals surface area contributed by atoms with Gasteiger partial charge in [-0.2, -0.15) is 5.48 Å². The fourth-order valence-corrected chi connectivity index (χ4v) is 11.2. The number of hydroxylamine groups is 1. The number of hydrogen-bond donors (Lipinski definition) is 6. The molecule has 0 bridgehead atoms. The first kappa shape index (κ1) is 64.0. The number of rotatable bonds is 28. The van der Waals surface area contributed by atoms with Crippen molar-refractivity contribution in [1.82, 2.24) is 26.3 Å². The van der Waals surface area contributed by atoms with Gasteiger partial charge in [-0.15, -0.1) is 0 Å². The van der Waals surface area contributed by atoms with E-state index in [9.17, 15) is 33.6 Å². The van der Waals surface area contributed by atoms with Gasteiger partial charge in [-0.25, -0.2) is 4.79 Å². The minimum atomic E-state index is -1.32. The Hall–Kier alpha value is -8.96. The maximum Gasteiger partial charge on any atom is 0.431 e. The van der Waals surface area contributed by atoms with Gasteiger partial charge in [-0.1, -0.05) is 56.6 Å². The lowest BCUT2D eigenvalue weighted by Crippen LogP contribution is -2.50. The van der Waals surface area contributed by atoms with Gasteiger partial charge >= 0.3 is 6.09 Å². The van der Waals surface area contributed by atoms with Crippen molar-refractivity contribution < 1.29 is 62.1 Å². The highest BCUT2D eigenvalue weighted by molar-refractivity contribution is 6.76. The summed E-state index contributed by atoms with van der Waals surface area (Å²) in [7, 11) is 1.66. The van der Waals surface area contributed by atoms with Crippen molar-refractivity contribution in [2.24, 2.45) is 4.99 Å². The van der Waals surface area contributed by atoms with Gasteiger partial charge in [0.1, 0.15) is 25.3 Å². The molecule has 23 heteroatoms. The van der Waals surface area contributed by atoms with Crippen LogP contribution >= 0.6 is 0 Å². The summed E-state index contributed by atoms with van der Waals surface area (Å²) in [4.78, 5) is 106. The number of methoxy groups -OCH3 is 2. The first-order valence-corrected chi connectivity index (χ1v) is 33.0. The fraction of sp³-hybridized carbons (Fsp3) is 0.406. The van der Waals surface area contributed by atoms with E-state index in [4.69, 9.17) is 33.5 Å². The smallest absolute Gasteiger partial charge is 0.431 e. The van der Waals surface area contributed by atoms with Gasteiger partial charge in [-0.05, 0) is 117 Å². The molecule has 0 radical (unpaired) electrons. The lowest BCUT2D eigenvalue weighted by atomic mass is 10.1. The third-order valence-corrected chi connectivity index (χ3v) is 16.8. The van der Waals surface area contributed by atoms with Crippen LogP contribution in [0.25, 0.3) is 0 Å². The molecule has 22 nitrogen and oxygen atoms in total. The maximum absolute atomic E-state index is 14.2. The fourth-order valence-electron chi connectivity index (χ4n) is 10.5. The zero-order valence-corrected chi connectivity index (χ0v) is 51.7. The van der Waals surface area contributed by atoms with E-state index in [1.807, 2.05) is 54.3 Å². The number of nitrogens with one attached hydrogen (secondary N) is 6. The third-order valence-electron chi connectivity index (χ3n) is 15.1. The zero-order chi connectivity index (χ0) is 62.4. The van der Waals surface area contributed by atoms with Crippen molar-refractivity contribution in [3.8, 4) is 23.0 Å². The lowest BCUT2D eigenvalue weighted by Gasteiger charge is -2.23. The SMILES string of the molecule is C=CC1=C(/C=C\C)C[C@H]2C=Nc3cc(OCc4cc(COc5cc6c(cc5OC)C(=O)N5c7ccccc7C[C@H]5CN6)cc(NC(=O)[C@H](C)NC(=O)[C@H](C)NC(=O)CCCCC(=O)NCCCONC(=O)OCC[Si](C)(C)C)c4)c(OC)cc3C(=O)N12. The second-order valence-electron chi connectivity index (χ2n) is 22.9. The summed E-state index contributed by atoms with van der Waals surface area (Å²) in [5, 5.41) is 14.5. The molecule has 6 N–H and O–H groups in total. The zero-order valence-electron chi connectivity index (χ0n) is 50.7. The maximum atomic E-state index is 14.2. The van der Waals surface area contributed by atoms with Gasteiger partial charge < -0.3 is 55.2 Å². The van der Waals surface area contributed by atoms with Crippen molar-refractivity contribution in [2.45, 2.75) is 129 Å². The predicted molar refractivity (Wildman–Crippen MR) is 334 cm³/mol. The van der Waals surface area contributed by atoms with Gasteiger partial charge in [0.05, 0.1) is 62.0 Å². The molecule has 4 aromatic carbocycles. The number of hydrogen-bond acceptors (Lipinski definition) is 15. The number of unbranched alkanes of at least 4 members (excludes halogenated alkanes) is 1. The number of carbonyl (C=O) groups excluding carboxylic acids is 7. The number of amides is 7. The van der Waals surface area contributed by atoms with Crippen molar-refractivity contribution in [2.75, 3.05) is 56.1 Å². The molecule has 4 aliphatic heterocycles. The van der Waals surface area contributed by atoms with E-state index in [1.54, 1.807) is 53.6 Å². The first-order valence-electron chi connectivity index (χ1n) is 29.3. The molecule has 0 unspecified atom stereocenters. The van der Waals surface area contributed by atoms with Gasteiger partial charge in [0.2, 0.25) is 23.6 Å². The van der Waals surface area contributed by atoms with Crippen LogP contribution in [0.2, 0.25) is 25.7 Å². The molecule has 0 fully saturated rings. The van der Waals surface area contributed by atoms with E-state index in [-0.39, 0.29) is 62.5 Å². The monoisotopic (exact) mass is 1210 g/mol. The molecule has 0 saturated heterocycles. The van der Waals surface area contributed by atoms with Crippen LogP contribution in [0.5, 0.6) is 23.0 Å². The van der Waals surface area contributed by atoms with Crippen LogP contribution in [-0.2, 0) is 48.4 Å². The highest BCUT2D eigenvalue weighted by atomic mass is 28.3. The van der Waals surface area contributed by atoms with Crippen LogP contribution in [0, 0.1) is 0 Å². The number of anilines is 3. The van der Waals surface area contributed by atoms with E-state index in [2.05, 4.69) is 58.3 Å². The normalized spacial score (nSPS) is 16.4. The highest BCUT2D eigenvalue weighted by Crippen LogP contribution is 2.43. The van der Waals surface area contributed by atoms with Crippen molar-refractivity contribution in [1.29, 1.82) is 0 Å². The van der Waals surface area contributed by atoms with Crippen LogP contribution < -0.4 is 55.9 Å². The van der Waals surface area contributed by atoms with Crippen LogP contribution in [0.1, 0.15) is 96.7 Å². The van der Waals surface area contributed by atoms with Crippen LogP contribution in [0.15, 0.2) is 108 Å². The molecule has 4 aliphatic rings. The molecule has 8 rings (SSSR count). The Morgan fingerprint density at radius 2 is 1.45 bits per heavy atom. The van der Waals surface area contributed by atoms with Gasteiger partial charge in [0, 0.05) is 75.8 Å². The van der Waals surface area contributed by atoms with Crippen molar-refractivity contribution in [3.05, 3.63) is 131 Å². The quantitative estimate of drug-likeness (QED) is 0.0176. The molecular weight excluding hydrogens is 1130 g/mol. The average molecular weight is 1210 g/mol. The van der Waals surface area contributed by atoms with Crippen LogP contribution in [0.3, 0.4) is 0 Å². The molecule has 462 valence electrons. The Labute approximate surface area is 508 Å². The summed E-state index contributed by atoms with van der Waals surface area (Å²) in [5.74, 6) is -0.837. The van der Waals surface area contributed by atoms with E-state index >= 15 is 0 Å². The summed E-state index contributed by atoms with van der Waals surface area (Å²) in [6.45, 7) is 16.8. The lowest BCUT2D eigenvalue weighted by molar-refractivity contribution is -0.130. The molecule has 4 aromatic rings. The molecule has 4 heterocycles. The highest BCUT2D eigenvalue weighted by Gasteiger charge is 2.39. The number of carbonyl (C=O) groups is 7. The van der Waals surface area contributed by atoms with Gasteiger partial charge in [-0.3, -0.25) is 43.5 Å². The van der Waals surface area contributed by atoms with E-state index < -0.39 is 44.0 Å². The summed E-state index contributed by atoms with van der Waals surface area (Å²) in [6, 6.07) is 18.3. The van der Waals surface area contributed by atoms with E-state index in [0.29, 0.717) is 113 Å². The van der Waals surface area contributed by atoms with Crippen molar-refractivity contribution >= 4 is 78.6 Å². The number of aliphatic imine (C=N–C) groups is 1. The number of allylic oxidation sites excluding steroid dienone is 3. The average Bonchev–Trinajstić information content (AvgIpc) is 2.00. The second-order valence-corrected chi connectivity index (χ2v) is 28.5. The first-order chi connectivity index (χ1) is 41.8. The number of para-hydroxylation sites is 1. The minimum Gasteiger partial charge on any atom is -0.493 e. The minimum absolute atomic E-state index is 0.0268. The molecular formula is C64H79N9O13Si. The molecule has 87 heavy (non-hydrogen) atoms. The summed E-state index contributed by atoms with van der Waals surface area (Å²) in [6.07, 6.45) is 9.53. The van der Waals surface area contributed by atoms with E-state index in [1.165, 1.54) is 28.1 Å². The number of fused-ring (bicyclic) bond motifs is 6. The van der Waals surface area contributed by atoms with Crippen LogP contribution in [-0.4, -0.2) is 125 Å². The van der Waals surface area contributed by atoms with Gasteiger partial charge in [0.25, 0.3) is 11.8 Å². The summed E-state index contributed by atoms with van der Waals surface area (Å²) in [5.41, 5.74) is 9.23. The molecule has 7 amide bonds. The van der Waals surface area contributed by atoms with Gasteiger partial charge in [0.15, 0.2) is 23.0 Å². The molecule has 0 aliphatic carbocycles. The second kappa shape index (κ2) is 29.4. The third kappa shape index (κ3) is 16.5. The number of nitrogens with zero attached hydrogens (tertiary/aromatic N) is 3. The Balaban J connectivity index is 0.890. The summed E-state index contributed by atoms with van der Waals surface area (Å²) < 4.78 is 29.6. The number of ether oxygens (including phenoxy) is 5. The molecule has 0 saturated carbocycles. The standard InChI is InChI=1S/C64H79N9O13Si/c1-10-17-43-29-46-35-66-50-33-56(54(81-5)31-48(50)62(78)72(46)52(43)11-2)84-37-41-26-42(38-85-57-34-51-49(32-55(57)82-6)63(79)73-47(36-67-51)30-44-18-12-13-19-53(44)73)28-45(27-41)70-61(77)40(4)69-60(76)39(3)68-59(75)21-15-14-20-58(74)65-22-16-23-86-71-64(80)83-24-25-87(7,8)9/h10-13,17-19,26-28,31-35,39-40,46-47,67H,2,14-16,20-25,29-30,36-38H2,1,3-9H3,(H,65,74)(H,68,75)(H,69,76)(H,70,77)(H,71,80)/b17-10-/t39-,40-,46-,47-/m0/s1. The predicted octanol–water partition coefficient (Wildman–Crippen LogP) is 8.82. The van der Waals surface area contributed by atoms with Crippen molar-refractivity contribution in [3.63, 3.8) is 0 Å². The molecule has 0 spiro atoms. The van der Waals surface area contributed by atoms with Crippen LogP contribution in [0.4, 0.5) is 27.5 Å². The Morgan fingerprint density at radius 3 is 2.14 bits per heavy atom. The van der Waals surface area contributed by atoms with E-state index in [0.717, 1.165) is 29.3 Å². The topological polar surface area (TPSA) is 266 Å². The Kier molecular flexibility index (Phi) is 21.7.